The number of amides is 1. The second-order valence-corrected chi connectivity index (χ2v) is 5.12. The van der Waals surface area contributed by atoms with Gasteiger partial charge in [-0.05, 0) is 61.9 Å². The van der Waals surface area contributed by atoms with E-state index >= 15 is 0 Å². The number of carbonyl (C=O) groups is 1. The highest BCUT2D eigenvalue weighted by molar-refractivity contribution is 5.92. The lowest BCUT2D eigenvalue weighted by atomic mass is 10.1. The molecule has 0 spiro atoms. The summed E-state index contributed by atoms with van der Waals surface area (Å²) < 4.78 is 0. The van der Waals surface area contributed by atoms with Gasteiger partial charge in [0.25, 0.3) is 0 Å². The molecule has 1 saturated carbocycles. The Kier molecular flexibility index (Phi) is 4.37. The zero-order chi connectivity index (χ0) is 13.0. The summed E-state index contributed by atoms with van der Waals surface area (Å²) in [5.74, 6) is 0.852. The van der Waals surface area contributed by atoms with Crippen molar-refractivity contribution in [3.8, 4) is 0 Å². The summed E-state index contributed by atoms with van der Waals surface area (Å²) in [5.41, 5.74) is 3.47. The maximum absolute atomic E-state index is 11.7. The van der Waals surface area contributed by atoms with E-state index in [0.717, 1.165) is 24.6 Å². The van der Waals surface area contributed by atoms with Gasteiger partial charge in [-0.25, -0.2) is 0 Å². The largest absolute Gasteiger partial charge is 0.325 e. The number of carbonyl (C=O) groups excluding carboxylic acids is 1. The third kappa shape index (κ3) is 3.84. The molecule has 2 rings (SSSR count). The van der Waals surface area contributed by atoms with Crippen LogP contribution >= 0.6 is 0 Å². The summed E-state index contributed by atoms with van der Waals surface area (Å²) in [4.78, 5) is 11.7. The molecular weight excluding hydrogens is 224 g/mol. The van der Waals surface area contributed by atoms with Crippen LogP contribution in [0.3, 0.4) is 0 Å². The van der Waals surface area contributed by atoms with Gasteiger partial charge in [-0.1, -0.05) is 13.0 Å². The predicted octanol–water partition coefficient (Wildman–Crippen LogP) is 2.50. The standard InChI is InChI=1S/C15H22N2O/c1-3-13-8-14(7-4-11(13)2)17-15(18)10-16-9-12-5-6-12/h4,7-8,12,16H,3,5-6,9-10H2,1-2H3,(H,17,18). The molecule has 0 heterocycles. The van der Waals surface area contributed by atoms with Crippen molar-refractivity contribution >= 4 is 11.6 Å². The number of aryl methyl sites for hydroxylation is 2. The first-order valence-electron chi connectivity index (χ1n) is 6.79. The van der Waals surface area contributed by atoms with Gasteiger partial charge in [0.05, 0.1) is 6.54 Å². The molecule has 1 fully saturated rings. The Morgan fingerprint density at radius 3 is 2.83 bits per heavy atom. The Morgan fingerprint density at radius 2 is 2.17 bits per heavy atom. The maximum Gasteiger partial charge on any atom is 0.238 e. The van der Waals surface area contributed by atoms with Crippen LogP contribution < -0.4 is 10.6 Å². The van der Waals surface area contributed by atoms with Crippen LogP contribution in [0.1, 0.15) is 30.9 Å². The molecule has 1 amide bonds. The van der Waals surface area contributed by atoms with Crippen molar-refractivity contribution in [2.45, 2.75) is 33.1 Å². The minimum atomic E-state index is 0.0431. The van der Waals surface area contributed by atoms with Crippen molar-refractivity contribution in [3.05, 3.63) is 29.3 Å². The lowest BCUT2D eigenvalue weighted by molar-refractivity contribution is -0.115. The van der Waals surface area contributed by atoms with E-state index in [1.54, 1.807) is 0 Å². The zero-order valence-corrected chi connectivity index (χ0v) is 11.3. The third-order valence-electron chi connectivity index (χ3n) is 3.43. The Hall–Kier alpha value is -1.35. The molecule has 0 bridgehead atoms. The topological polar surface area (TPSA) is 41.1 Å². The summed E-state index contributed by atoms with van der Waals surface area (Å²) in [6, 6.07) is 6.09. The Balaban J connectivity index is 1.81. The summed E-state index contributed by atoms with van der Waals surface area (Å²) in [5, 5.41) is 6.13. The molecule has 98 valence electrons. The van der Waals surface area contributed by atoms with Crippen molar-refractivity contribution in [1.82, 2.24) is 5.32 Å². The van der Waals surface area contributed by atoms with Gasteiger partial charge in [0.15, 0.2) is 0 Å². The minimum absolute atomic E-state index is 0.0431. The number of nitrogens with one attached hydrogen (secondary N) is 2. The molecule has 0 aliphatic heterocycles. The monoisotopic (exact) mass is 246 g/mol. The van der Waals surface area contributed by atoms with Gasteiger partial charge in [-0.3, -0.25) is 4.79 Å². The van der Waals surface area contributed by atoms with Crippen molar-refractivity contribution < 1.29 is 4.79 Å². The first kappa shape index (κ1) is 13.1. The number of anilines is 1. The van der Waals surface area contributed by atoms with Crippen LogP contribution in [-0.2, 0) is 11.2 Å². The van der Waals surface area contributed by atoms with Crippen LogP contribution in [0.25, 0.3) is 0 Å². The second kappa shape index (κ2) is 6.01. The molecule has 0 radical (unpaired) electrons. The number of hydrogen-bond acceptors (Lipinski definition) is 2. The lowest BCUT2D eigenvalue weighted by Crippen LogP contribution is -2.29. The fourth-order valence-corrected chi connectivity index (χ4v) is 2.05. The molecule has 3 heteroatoms. The first-order chi connectivity index (χ1) is 8.69. The molecule has 18 heavy (non-hydrogen) atoms. The van der Waals surface area contributed by atoms with Crippen molar-refractivity contribution in [2.24, 2.45) is 5.92 Å². The van der Waals surface area contributed by atoms with Crippen LogP contribution in [0.5, 0.6) is 0 Å². The number of benzene rings is 1. The van der Waals surface area contributed by atoms with E-state index in [-0.39, 0.29) is 5.91 Å². The van der Waals surface area contributed by atoms with Gasteiger partial charge in [-0.2, -0.15) is 0 Å². The second-order valence-electron chi connectivity index (χ2n) is 5.12. The normalized spacial score (nSPS) is 14.6. The Morgan fingerprint density at radius 1 is 1.39 bits per heavy atom. The average molecular weight is 246 g/mol. The Bertz CT molecular complexity index is 425. The number of rotatable bonds is 6. The van der Waals surface area contributed by atoms with Gasteiger partial charge < -0.3 is 10.6 Å². The highest BCUT2D eigenvalue weighted by Crippen LogP contribution is 2.27. The van der Waals surface area contributed by atoms with Crippen molar-refractivity contribution in [1.29, 1.82) is 0 Å². The number of hydrogen-bond donors (Lipinski definition) is 2. The molecule has 1 aromatic rings. The summed E-state index contributed by atoms with van der Waals surface area (Å²) >= 11 is 0. The highest BCUT2D eigenvalue weighted by atomic mass is 16.1. The summed E-state index contributed by atoms with van der Waals surface area (Å²) in [6.07, 6.45) is 3.62. The SMILES string of the molecule is CCc1cc(NC(=O)CNCC2CC2)ccc1C. The first-order valence-corrected chi connectivity index (χ1v) is 6.79. The smallest absolute Gasteiger partial charge is 0.238 e. The lowest BCUT2D eigenvalue weighted by Gasteiger charge is -2.09. The minimum Gasteiger partial charge on any atom is -0.325 e. The van der Waals surface area contributed by atoms with E-state index < -0.39 is 0 Å². The molecule has 1 aliphatic rings. The maximum atomic E-state index is 11.7. The molecule has 1 aliphatic carbocycles. The van der Waals surface area contributed by atoms with E-state index in [0.29, 0.717) is 6.54 Å². The van der Waals surface area contributed by atoms with Crippen LogP contribution in [-0.4, -0.2) is 19.0 Å². The third-order valence-corrected chi connectivity index (χ3v) is 3.43. The van der Waals surface area contributed by atoms with E-state index in [1.807, 2.05) is 6.07 Å². The Labute approximate surface area is 109 Å². The van der Waals surface area contributed by atoms with Crippen LogP contribution in [0.4, 0.5) is 5.69 Å². The predicted molar refractivity (Wildman–Crippen MR) is 74.8 cm³/mol. The van der Waals surface area contributed by atoms with E-state index in [4.69, 9.17) is 0 Å². The summed E-state index contributed by atoms with van der Waals surface area (Å²) in [6.45, 7) is 5.61. The fourth-order valence-electron chi connectivity index (χ4n) is 2.05. The van der Waals surface area contributed by atoms with E-state index in [2.05, 4.69) is 36.6 Å². The molecule has 1 aromatic carbocycles. The van der Waals surface area contributed by atoms with Gasteiger partial charge in [0, 0.05) is 5.69 Å². The van der Waals surface area contributed by atoms with Crippen LogP contribution in [0.15, 0.2) is 18.2 Å². The van der Waals surface area contributed by atoms with Crippen molar-refractivity contribution in [2.75, 3.05) is 18.4 Å². The molecule has 0 atom stereocenters. The van der Waals surface area contributed by atoms with Crippen LogP contribution in [0.2, 0.25) is 0 Å². The molecule has 2 N–H and O–H groups in total. The van der Waals surface area contributed by atoms with E-state index in [9.17, 15) is 4.79 Å². The van der Waals surface area contributed by atoms with Gasteiger partial charge >= 0.3 is 0 Å². The molecule has 0 unspecified atom stereocenters. The highest BCUT2D eigenvalue weighted by Gasteiger charge is 2.20. The molecular formula is C15H22N2O. The molecule has 0 saturated heterocycles. The molecule has 3 nitrogen and oxygen atoms in total. The van der Waals surface area contributed by atoms with E-state index in [1.165, 1.54) is 24.0 Å². The fraction of sp³-hybridized carbons (Fsp3) is 0.533. The van der Waals surface area contributed by atoms with Gasteiger partial charge in [0.1, 0.15) is 0 Å². The van der Waals surface area contributed by atoms with Crippen molar-refractivity contribution in [3.63, 3.8) is 0 Å². The summed E-state index contributed by atoms with van der Waals surface area (Å²) in [7, 11) is 0. The average Bonchev–Trinajstić information content (AvgIpc) is 3.15. The quantitative estimate of drug-likeness (QED) is 0.809. The van der Waals surface area contributed by atoms with Crippen LogP contribution in [0, 0.1) is 12.8 Å². The zero-order valence-electron chi connectivity index (χ0n) is 11.3. The molecule has 0 aromatic heterocycles. The van der Waals surface area contributed by atoms with Gasteiger partial charge in [-0.15, -0.1) is 0 Å². The van der Waals surface area contributed by atoms with Gasteiger partial charge in [0.2, 0.25) is 5.91 Å².